The summed E-state index contributed by atoms with van der Waals surface area (Å²) < 4.78 is 7.65. The van der Waals surface area contributed by atoms with Crippen LogP contribution >= 0.6 is 11.8 Å². The minimum absolute atomic E-state index is 0.168. The molecule has 28 heavy (non-hydrogen) atoms. The van der Waals surface area contributed by atoms with E-state index in [9.17, 15) is 4.79 Å². The summed E-state index contributed by atoms with van der Waals surface area (Å²) in [6.45, 7) is 5.65. The van der Waals surface area contributed by atoms with Crippen LogP contribution in [0.2, 0.25) is 0 Å². The molecule has 0 radical (unpaired) electrons. The van der Waals surface area contributed by atoms with Crippen LogP contribution in [0.25, 0.3) is 11.0 Å². The van der Waals surface area contributed by atoms with Gasteiger partial charge in [-0.2, -0.15) is 5.10 Å². The number of amides is 1. The van der Waals surface area contributed by atoms with E-state index in [4.69, 9.17) is 4.74 Å². The van der Waals surface area contributed by atoms with E-state index in [1.807, 2.05) is 48.5 Å². The zero-order valence-corrected chi connectivity index (χ0v) is 16.9. The highest BCUT2D eigenvalue weighted by Crippen LogP contribution is 2.23. The molecule has 1 aromatic heterocycles. The Kier molecular flexibility index (Phi) is 7.08. The van der Waals surface area contributed by atoms with E-state index in [0.29, 0.717) is 6.61 Å². The molecule has 0 fully saturated rings. The first kappa shape index (κ1) is 19.9. The number of aryl methyl sites for hydroxylation is 1. The third-order valence-corrected chi connectivity index (χ3v) is 5.00. The van der Waals surface area contributed by atoms with Crippen molar-refractivity contribution in [3.05, 3.63) is 54.1 Å². The Hall–Kier alpha value is -2.80. The number of nitrogens with one attached hydrogen (secondary N) is 1. The van der Waals surface area contributed by atoms with Gasteiger partial charge in [0.15, 0.2) is 5.16 Å². The molecule has 146 valence electrons. The number of para-hydroxylation sites is 2. The number of rotatable bonds is 9. The average molecular weight is 397 g/mol. The molecule has 0 atom stereocenters. The number of thioether (sulfide) groups is 1. The lowest BCUT2D eigenvalue weighted by atomic mass is 10.2. The summed E-state index contributed by atoms with van der Waals surface area (Å²) in [4.78, 5) is 16.7. The maximum Gasteiger partial charge on any atom is 0.250 e. The van der Waals surface area contributed by atoms with E-state index >= 15 is 0 Å². The molecule has 3 rings (SSSR count). The predicted octanol–water partition coefficient (Wildman–Crippen LogP) is 4.09. The van der Waals surface area contributed by atoms with Gasteiger partial charge in [0.25, 0.3) is 5.91 Å². The molecule has 0 saturated heterocycles. The number of hydrazone groups is 1. The fourth-order valence-corrected chi connectivity index (χ4v) is 3.55. The molecule has 0 unspecified atom stereocenters. The molecular formula is C21H24N4O2S. The van der Waals surface area contributed by atoms with Gasteiger partial charge in [-0.1, -0.05) is 30.8 Å². The second-order valence-corrected chi connectivity index (χ2v) is 7.07. The topological polar surface area (TPSA) is 68.5 Å². The standard InChI is InChI=1S/C21H24N4O2S/c1-3-13-27-17-11-9-16(10-12-17)14-22-24-20(26)15-28-21-23-18-7-5-6-8-19(18)25(21)4-2/h5-12,14H,3-4,13,15H2,1-2H3,(H,24,26)/b22-14-. The zero-order valence-electron chi connectivity index (χ0n) is 16.1. The minimum atomic E-state index is -0.168. The fraction of sp³-hybridized carbons (Fsp3) is 0.286. The molecule has 1 N–H and O–H groups in total. The first-order valence-corrected chi connectivity index (χ1v) is 10.3. The third kappa shape index (κ3) is 5.13. The van der Waals surface area contributed by atoms with Gasteiger partial charge in [0.1, 0.15) is 5.75 Å². The number of ether oxygens (including phenoxy) is 1. The molecule has 0 aliphatic heterocycles. The highest BCUT2D eigenvalue weighted by molar-refractivity contribution is 7.99. The molecule has 2 aromatic carbocycles. The molecule has 0 bridgehead atoms. The van der Waals surface area contributed by atoms with E-state index in [1.54, 1.807) is 6.21 Å². The van der Waals surface area contributed by atoms with Crippen LogP contribution in [0.3, 0.4) is 0 Å². The molecule has 3 aromatic rings. The Bertz CT molecular complexity index is 951. The Morgan fingerprint density at radius 2 is 2.00 bits per heavy atom. The summed E-state index contributed by atoms with van der Waals surface area (Å²) in [6, 6.07) is 15.6. The molecule has 0 aliphatic carbocycles. The molecule has 0 spiro atoms. The maximum absolute atomic E-state index is 12.1. The van der Waals surface area contributed by atoms with E-state index < -0.39 is 0 Å². The molecule has 6 nitrogen and oxygen atoms in total. The van der Waals surface area contributed by atoms with Gasteiger partial charge in [0, 0.05) is 6.54 Å². The summed E-state index contributed by atoms with van der Waals surface area (Å²) in [5.74, 6) is 0.918. The number of carbonyl (C=O) groups excluding carboxylic acids is 1. The molecule has 0 aliphatic rings. The molecule has 1 heterocycles. The zero-order chi connectivity index (χ0) is 19.8. The number of carbonyl (C=O) groups is 1. The predicted molar refractivity (Wildman–Crippen MR) is 114 cm³/mol. The van der Waals surface area contributed by atoms with Crippen molar-refractivity contribution in [2.45, 2.75) is 32.0 Å². The summed E-state index contributed by atoms with van der Waals surface area (Å²) in [5.41, 5.74) is 5.48. The van der Waals surface area contributed by atoms with Crippen molar-refractivity contribution < 1.29 is 9.53 Å². The summed E-state index contributed by atoms with van der Waals surface area (Å²) in [6.07, 6.45) is 2.59. The Morgan fingerprint density at radius 1 is 1.21 bits per heavy atom. The van der Waals surface area contributed by atoms with Crippen LogP contribution in [-0.4, -0.2) is 34.0 Å². The smallest absolute Gasteiger partial charge is 0.250 e. The molecule has 7 heteroatoms. The van der Waals surface area contributed by atoms with Gasteiger partial charge in [-0.15, -0.1) is 0 Å². The fourth-order valence-electron chi connectivity index (χ4n) is 2.68. The number of imidazole rings is 1. The first-order valence-electron chi connectivity index (χ1n) is 9.34. The van der Waals surface area contributed by atoms with Crippen LogP contribution in [0.5, 0.6) is 5.75 Å². The van der Waals surface area contributed by atoms with Crippen LogP contribution in [0, 0.1) is 0 Å². The molecule has 0 saturated carbocycles. The number of aromatic nitrogens is 2. The Balaban J connectivity index is 1.51. The van der Waals surface area contributed by atoms with E-state index in [1.165, 1.54) is 11.8 Å². The van der Waals surface area contributed by atoms with Crippen molar-refractivity contribution in [3.63, 3.8) is 0 Å². The minimum Gasteiger partial charge on any atom is -0.494 e. The van der Waals surface area contributed by atoms with E-state index in [2.05, 4.69) is 33.9 Å². The second kappa shape index (κ2) is 9.94. The molecular weight excluding hydrogens is 372 g/mol. The lowest BCUT2D eigenvalue weighted by Gasteiger charge is -2.05. The number of nitrogens with zero attached hydrogens (tertiary/aromatic N) is 3. The van der Waals surface area contributed by atoms with Gasteiger partial charge >= 0.3 is 0 Å². The SMILES string of the molecule is CCCOc1ccc(/C=N\NC(=O)CSc2nc3ccccc3n2CC)cc1. The van der Waals surface area contributed by atoms with Crippen LogP contribution in [0.4, 0.5) is 0 Å². The van der Waals surface area contributed by atoms with Crippen molar-refractivity contribution >= 4 is 34.9 Å². The highest BCUT2D eigenvalue weighted by Gasteiger charge is 2.11. The van der Waals surface area contributed by atoms with Gasteiger partial charge in [-0.3, -0.25) is 4.79 Å². The van der Waals surface area contributed by atoms with Crippen LogP contribution < -0.4 is 10.2 Å². The second-order valence-electron chi connectivity index (χ2n) is 6.13. The van der Waals surface area contributed by atoms with Crippen molar-refractivity contribution in [2.24, 2.45) is 5.10 Å². The lowest BCUT2D eigenvalue weighted by Crippen LogP contribution is -2.20. The maximum atomic E-state index is 12.1. The Labute approximate surface area is 169 Å². The van der Waals surface area contributed by atoms with Gasteiger partial charge in [0.2, 0.25) is 0 Å². The number of benzene rings is 2. The van der Waals surface area contributed by atoms with Crippen molar-refractivity contribution in [1.82, 2.24) is 15.0 Å². The number of fused-ring (bicyclic) bond motifs is 1. The third-order valence-electron chi connectivity index (χ3n) is 4.02. The summed E-state index contributed by atoms with van der Waals surface area (Å²) in [7, 11) is 0. The van der Waals surface area contributed by atoms with Crippen molar-refractivity contribution in [2.75, 3.05) is 12.4 Å². The Morgan fingerprint density at radius 3 is 2.75 bits per heavy atom. The van der Waals surface area contributed by atoms with Gasteiger partial charge in [-0.05, 0) is 55.3 Å². The van der Waals surface area contributed by atoms with Crippen molar-refractivity contribution in [3.8, 4) is 5.75 Å². The first-order chi connectivity index (χ1) is 13.7. The molecule has 1 amide bonds. The van der Waals surface area contributed by atoms with Crippen LogP contribution in [0.1, 0.15) is 25.8 Å². The number of hydrogen-bond donors (Lipinski definition) is 1. The average Bonchev–Trinajstić information content (AvgIpc) is 3.09. The van der Waals surface area contributed by atoms with Gasteiger partial charge < -0.3 is 9.30 Å². The van der Waals surface area contributed by atoms with Crippen LogP contribution in [0.15, 0.2) is 58.8 Å². The normalized spacial score (nSPS) is 11.2. The van der Waals surface area contributed by atoms with E-state index in [-0.39, 0.29) is 11.7 Å². The van der Waals surface area contributed by atoms with Gasteiger partial charge in [0.05, 0.1) is 29.6 Å². The van der Waals surface area contributed by atoms with Crippen LogP contribution in [-0.2, 0) is 11.3 Å². The highest BCUT2D eigenvalue weighted by atomic mass is 32.2. The largest absolute Gasteiger partial charge is 0.494 e. The van der Waals surface area contributed by atoms with E-state index in [0.717, 1.165) is 40.5 Å². The van der Waals surface area contributed by atoms with Crippen molar-refractivity contribution in [1.29, 1.82) is 0 Å². The number of hydrogen-bond acceptors (Lipinski definition) is 5. The monoisotopic (exact) mass is 396 g/mol. The lowest BCUT2D eigenvalue weighted by molar-refractivity contribution is -0.118. The summed E-state index contributed by atoms with van der Waals surface area (Å²) in [5, 5.41) is 4.86. The quantitative estimate of drug-likeness (QED) is 0.336. The summed E-state index contributed by atoms with van der Waals surface area (Å²) >= 11 is 1.41. The van der Waals surface area contributed by atoms with Gasteiger partial charge in [-0.25, -0.2) is 10.4 Å².